The number of anilines is 1. The Morgan fingerprint density at radius 3 is 2.52 bits per heavy atom. The fraction of sp³-hybridized carbons (Fsp3) is 0.526. The maximum absolute atomic E-state index is 11.7. The van der Waals surface area contributed by atoms with E-state index in [-0.39, 0.29) is 18.1 Å². The first-order chi connectivity index (χ1) is 11.7. The summed E-state index contributed by atoms with van der Waals surface area (Å²) in [6, 6.07) is 3.38. The van der Waals surface area contributed by atoms with Crippen molar-refractivity contribution in [2.45, 2.75) is 52.1 Å². The molecule has 1 heterocycles. The number of allylic oxidation sites excluding steroid dienone is 1. The Labute approximate surface area is 148 Å². The molecule has 1 aromatic heterocycles. The minimum Gasteiger partial charge on any atom is -0.478 e. The van der Waals surface area contributed by atoms with Gasteiger partial charge in [-0.2, -0.15) is 0 Å². The van der Waals surface area contributed by atoms with Crippen LogP contribution in [0, 0.1) is 5.92 Å². The second-order valence-electron chi connectivity index (χ2n) is 7.30. The molecule has 1 fully saturated rings. The second kappa shape index (κ2) is 8.14. The van der Waals surface area contributed by atoms with Gasteiger partial charge in [-0.15, -0.1) is 0 Å². The number of aromatic nitrogens is 1. The SMILES string of the molecule is CC(C)(C)OC(=O)CNc1ccc(C(=CC2CCCC2)C(=O)O)cn1. The highest BCUT2D eigenvalue weighted by atomic mass is 16.6. The highest BCUT2D eigenvalue weighted by molar-refractivity contribution is 6.15. The molecule has 6 nitrogen and oxygen atoms in total. The number of hydrogen-bond donors (Lipinski definition) is 2. The molecule has 0 bridgehead atoms. The zero-order chi connectivity index (χ0) is 18.4. The van der Waals surface area contributed by atoms with Crippen LogP contribution in [0.25, 0.3) is 5.57 Å². The summed E-state index contributed by atoms with van der Waals surface area (Å²) in [5, 5.41) is 12.4. The molecule has 0 spiro atoms. The van der Waals surface area contributed by atoms with Crippen molar-refractivity contribution in [3.8, 4) is 0 Å². The molecule has 1 aromatic rings. The molecule has 0 saturated heterocycles. The molecule has 1 aliphatic carbocycles. The Morgan fingerprint density at radius 1 is 1.32 bits per heavy atom. The van der Waals surface area contributed by atoms with Crippen LogP contribution in [0.2, 0.25) is 0 Å². The maximum Gasteiger partial charge on any atom is 0.336 e. The van der Waals surface area contributed by atoms with Crippen LogP contribution < -0.4 is 5.32 Å². The minimum atomic E-state index is -0.942. The zero-order valence-corrected chi connectivity index (χ0v) is 15.0. The molecule has 2 N–H and O–H groups in total. The molecule has 0 aromatic carbocycles. The van der Waals surface area contributed by atoms with Gasteiger partial charge in [-0.25, -0.2) is 9.78 Å². The molecule has 1 saturated carbocycles. The van der Waals surface area contributed by atoms with E-state index in [0.29, 0.717) is 17.3 Å². The van der Waals surface area contributed by atoms with Crippen molar-refractivity contribution >= 4 is 23.3 Å². The number of carbonyl (C=O) groups is 2. The van der Waals surface area contributed by atoms with Gasteiger partial charge in [-0.05, 0) is 51.7 Å². The van der Waals surface area contributed by atoms with Crippen molar-refractivity contribution in [2.75, 3.05) is 11.9 Å². The number of aliphatic carboxylic acids is 1. The number of carbonyl (C=O) groups excluding carboxylic acids is 1. The number of nitrogens with zero attached hydrogens (tertiary/aromatic N) is 1. The summed E-state index contributed by atoms with van der Waals surface area (Å²) in [5.74, 6) is -0.481. The Balaban J connectivity index is 2.00. The van der Waals surface area contributed by atoms with Crippen LogP contribution in [0.1, 0.15) is 52.0 Å². The summed E-state index contributed by atoms with van der Waals surface area (Å²) in [6.45, 7) is 5.43. The number of pyridine rings is 1. The van der Waals surface area contributed by atoms with Gasteiger partial charge in [0.25, 0.3) is 0 Å². The second-order valence-corrected chi connectivity index (χ2v) is 7.30. The van der Waals surface area contributed by atoms with Crippen molar-refractivity contribution in [1.29, 1.82) is 0 Å². The number of nitrogens with one attached hydrogen (secondary N) is 1. The number of carboxylic acids is 1. The average Bonchev–Trinajstić information content (AvgIpc) is 3.02. The van der Waals surface area contributed by atoms with E-state index >= 15 is 0 Å². The van der Waals surface area contributed by atoms with Crippen LogP contribution >= 0.6 is 0 Å². The van der Waals surface area contributed by atoms with E-state index in [1.165, 1.54) is 6.20 Å². The van der Waals surface area contributed by atoms with Gasteiger partial charge in [0.1, 0.15) is 18.0 Å². The highest BCUT2D eigenvalue weighted by Crippen LogP contribution is 2.29. The van der Waals surface area contributed by atoms with Crippen molar-refractivity contribution in [2.24, 2.45) is 5.92 Å². The van der Waals surface area contributed by atoms with Gasteiger partial charge < -0.3 is 15.2 Å². The van der Waals surface area contributed by atoms with Gasteiger partial charge in [0.2, 0.25) is 0 Å². The quantitative estimate of drug-likeness (QED) is 0.605. The number of rotatable bonds is 6. The molecule has 0 aliphatic heterocycles. The van der Waals surface area contributed by atoms with Crippen LogP contribution in [0.4, 0.5) is 5.82 Å². The van der Waals surface area contributed by atoms with Crippen LogP contribution in [0.5, 0.6) is 0 Å². The lowest BCUT2D eigenvalue weighted by molar-refractivity contribution is -0.152. The minimum absolute atomic E-state index is 0.00726. The Hall–Kier alpha value is -2.37. The number of ether oxygens (including phenoxy) is 1. The molecule has 6 heteroatoms. The summed E-state index contributed by atoms with van der Waals surface area (Å²) in [5.41, 5.74) is 0.331. The lowest BCUT2D eigenvalue weighted by atomic mass is 10.00. The normalized spacial score (nSPS) is 15.9. The third-order valence-corrected chi connectivity index (χ3v) is 3.94. The van der Waals surface area contributed by atoms with Crippen molar-refractivity contribution < 1.29 is 19.4 Å². The molecule has 136 valence electrons. The molecule has 1 aliphatic rings. The molecule has 0 amide bonds. The lowest BCUT2D eigenvalue weighted by Gasteiger charge is -2.19. The predicted octanol–water partition coefficient (Wildman–Crippen LogP) is 3.49. The molecule has 25 heavy (non-hydrogen) atoms. The molecule has 2 rings (SSSR count). The fourth-order valence-electron chi connectivity index (χ4n) is 2.85. The van der Waals surface area contributed by atoms with Crippen molar-refractivity contribution in [3.05, 3.63) is 30.0 Å². The van der Waals surface area contributed by atoms with E-state index in [4.69, 9.17) is 4.74 Å². The number of carboxylic acid groups (broad SMARTS) is 1. The standard InChI is InChI=1S/C19H26N2O4/c1-19(2,3)25-17(22)12-21-16-9-8-14(11-20-16)15(18(23)24)10-13-6-4-5-7-13/h8-11,13H,4-7,12H2,1-3H3,(H,20,21)(H,23,24). The summed E-state index contributed by atoms with van der Waals surface area (Å²) >= 11 is 0. The van der Waals surface area contributed by atoms with Crippen LogP contribution in [0.3, 0.4) is 0 Å². The molecule has 0 atom stereocenters. The first kappa shape index (κ1) is 19.0. The van der Waals surface area contributed by atoms with E-state index in [9.17, 15) is 14.7 Å². The summed E-state index contributed by atoms with van der Waals surface area (Å²) in [7, 11) is 0. The smallest absolute Gasteiger partial charge is 0.336 e. The van der Waals surface area contributed by atoms with Gasteiger partial charge in [0.05, 0.1) is 5.57 Å². The van der Waals surface area contributed by atoms with Crippen LogP contribution in [0.15, 0.2) is 24.4 Å². The first-order valence-corrected chi connectivity index (χ1v) is 8.62. The highest BCUT2D eigenvalue weighted by Gasteiger charge is 2.18. The average molecular weight is 346 g/mol. The fourth-order valence-corrected chi connectivity index (χ4v) is 2.85. The maximum atomic E-state index is 11.7. The Morgan fingerprint density at radius 2 is 2.00 bits per heavy atom. The largest absolute Gasteiger partial charge is 0.478 e. The third-order valence-electron chi connectivity index (χ3n) is 3.94. The summed E-state index contributed by atoms with van der Waals surface area (Å²) < 4.78 is 5.21. The van der Waals surface area contributed by atoms with Crippen molar-refractivity contribution in [3.63, 3.8) is 0 Å². The van der Waals surface area contributed by atoms with Gasteiger partial charge in [-0.1, -0.05) is 18.9 Å². The Kier molecular flexibility index (Phi) is 6.17. The van der Waals surface area contributed by atoms with E-state index in [1.807, 2.05) is 26.8 Å². The van der Waals surface area contributed by atoms with Crippen LogP contribution in [-0.4, -0.2) is 34.2 Å². The lowest BCUT2D eigenvalue weighted by Crippen LogP contribution is -2.28. The molecule has 0 radical (unpaired) electrons. The summed E-state index contributed by atoms with van der Waals surface area (Å²) in [4.78, 5) is 27.4. The number of hydrogen-bond acceptors (Lipinski definition) is 5. The van der Waals surface area contributed by atoms with Gasteiger partial charge >= 0.3 is 11.9 Å². The first-order valence-electron chi connectivity index (χ1n) is 8.62. The predicted molar refractivity (Wildman–Crippen MR) is 96.1 cm³/mol. The topological polar surface area (TPSA) is 88.5 Å². The van der Waals surface area contributed by atoms with E-state index in [2.05, 4.69) is 10.3 Å². The van der Waals surface area contributed by atoms with Crippen molar-refractivity contribution in [1.82, 2.24) is 4.98 Å². The number of esters is 1. The third kappa shape index (κ3) is 6.21. The van der Waals surface area contributed by atoms with Crippen LogP contribution in [-0.2, 0) is 14.3 Å². The van der Waals surface area contributed by atoms with E-state index in [1.54, 1.807) is 12.1 Å². The molecule has 0 unspecified atom stereocenters. The van der Waals surface area contributed by atoms with Gasteiger partial charge in [0, 0.05) is 11.8 Å². The molecular formula is C19H26N2O4. The monoisotopic (exact) mass is 346 g/mol. The van der Waals surface area contributed by atoms with Gasteiger partial charge in [0.15, 0.2) is 0 Å². The van der Waals surface area contributed by atoms with E-state index in [0.717, 1.165) is 25.7 Å². The zero-order valence-electron chi connectivity index (χ0n) is 15.0. The van der Waals surface area contributed by atoms with E-state index < -0.39 is 11.6 Å². The Bertz CT molecular complexity index is 638. The molecular weight excluding hydrogens is 320 g/mol. The van der Waals surface area contributed by atoms with Gasteiger partial charge in [-0.3, -0.25) is 4.79 Å². The summed E-state index contributed by atoms with van der Waals surface area (Å²) in [6.07, 6.45) is 7.76.